The average molecular weight is 188 g/mol. The van der Waals surface area contributed by atoms with E-state index in [2.05, 4.69) is 26.1 Å². The number of hydrogen-bond acceptors (Lipinski definition) is 1. The third kappa shape index (κ3) is 1.87. The molecule has 0 spiro atoms. The lowest BCUT2D eigenvalue weighted by molar-refractivity contribution is 0.408. The monoisotopic (exact) mass is 188 g/mol. The number of benzene rings is 1. The lowest BCUT2D eigenvalue weighted by Gasteiger charge is -2.14. The van der Waals surface area contributed by atoms with Crippen LogP contribution in [0.2, 0.25) is 0 Å². The molecule has 0 amide bonds. The third-order valence-electron chi connectivity index (χ3n) is 2.34. The predicted octanol–water partition coefficient (Wildman–Crippen LogP) is 3.63. The van der Waals surface area contributed by atoms with E-state index < -0.39 is 0 Å². The summed E-state index contributed by atoms with van der Waals surface area (Å²) in [4.78, 5) is 0. The van der Waals surface area contributed by atoms with Gasteiger partial charge in [-0.15, -0.1) is 6.58 Å². The number of rotatable bonds is 4. The second-order valence-electron chi connectivity index (χ2n) is 3.20. The summed E-state index contributed by atoms with van der Waals surface area (Å²) >= 11 is 0. The first kappa shape index (κ1) is 10.6. The lowest BCUT2D eigenvalue weighted by Crippen LogP contribution is -1.96. The summed E-state index contributed by atoms with van der Waals surface area (Å²) in [6.45, 7) is 9.64. The van der Waals surface area contributed by atoms with Crippen LogP contribution < -0.4 is 4.74 Å². The van der Waals surface area contributed by atoms with E-state index in [1.54, 1.807) is 13.2 Å². The number of methoxy groups -OCH3 is 1. The molecule has 0 aromatic heterocycles. The minimum absolute atomic E-state index is 0.296. The van der Waals surface area contributed by atoms with Crippen LogP contribution in [0.5, 0.6) is 5.75 Å². The number of hydrogen-bond donors (Lipinski definition) is 0. The zero-order chi connectivity index (χ0) is 10.6. The Balaban J connectivity index is 3.27. The summed E-state index contributed by atoms with van der Waals surface area (Å²) in [6, 6.07) is 6.05. The van der Waals surface area contributed by atoms with Crippen molar-refractivity contribution in [3.63, 3.8) is 0 Å². The molecule has 74 valence electrons. The summed E-state index contributed by atoms with van der Waals surface area (Å²) in [6.07, 6.45) is 3.71. The van der Waals surface area contributed by atoms with Crippen LogP contribution in [-0.2, 0) is 0 Å². The molecule has 0 aliphatic carbocycles. The molecule has 0 heterocycles. The van der Waals surface area contributed by atoms with Crippen molar-refractivity contribution in [1.82, 2.24) is 0 Å². The van der Waals surface area contributed by atoms with Crippen LogP contribution in [0, 0.1) is 0 Å². The van der Waals surface area contributed by atoms with Crippen molar-refractivity contribution in [1.29, 1.82) is 0 Å². The van der Waals surface area contributed by atoms with Gasteiger partial charge < -0.3 is 4.74 Å². The molecule has 1 aromatic rings. The van der Waals surface area contributed by atoms with Crippen LogP contribution in [-0.4, -0.2) is 7.11 Å². The van der Waals surface area contributed by atoms with Crippen LogP contribution in [0.15, 0.2) is 37.4 Å². The average Bonchev–Trinajstić information content (AvgIpc) is 2.26. The van der Waals surface area contributed by atoms with Gasteiger partial charge in [-0.25, -0.2) is 0 Å². The molecule has 0 saturated heterocycles. The highest BCUT2D eigenvalue weighted by molar-refractivity contribution is 5.59. The smallest absolute Gasteiger partial charge is 0.129 e. The van der Waals surface area contributed by atoms with Crippen molar-refractivity contribution in [2.75, 3.05) is 7.11 Å². The van der Waals surface area contributed by atoms with Gasteiger partial charge in [-0.2, -0.15) is 0 Å². The molecule has 1 rings (SSSR count). The summed E-state index contributed by atoms with van der Waals surface area (Å²) in [7, 11) is 1.68. The maximum absolute atomic E-state index is 5.37. The Labute approximate surface area is 85.7 Å². The molecule has 0 fully saturated rings. The van der Waals surface area contributed by atoms with Crippen molar-refractivity contribution in [3.8, 4) is 5.75 Å². The molecule has 0 radical (unpaired) electrons. The Morgan fingerprint density at radius 2 is 2.07 bits per heavy atom. The Kier molecular flexibility index (Phi) is 3.52. The van der Waals surface area contributed by atoms with Gasteiger partial charge in [0.25, 0.3) is 0 Å². The predicted molar refractivity (Wildman–Crippen MR) is 61.7 cm³/mol. The van der Waals surface area contributed by atoms with Crippen molar-refractivity contribution < 1.29 is 4.74 Å². The topological polar surface area (TPSA) is 9.23 Å². The van der Waals surface area contributed by atoms with E-state index in [1.807, 2.05) is 18.2 Å². The summed E-state index contributed by atoms with van der Waals surface area (Å²) < 4.78 is 5.37. The van der Waals surface area contributed by atoms with Gasteiger partial charge in [-0.05, 0) is 0 Å². The zero-order valence-corrected chi connectivity index (χ0v) is 8.79. The molecule has 0 N–H and O–H groups in total. The van der Waals surface area contributed by atoms with Gasteiger partial charge >= 0.3 is 0 Å². The highest BCUT2D eigenvalue weighted by atomic mass is 16.5. The minimum Gasteiger partial charge on any atom is -0.496 e. The molecule has 1 heteroatoms. The van der Waals surface area contributed by atoms with Gasteiger partial charge in [-0.3, -0.25) is 0 Å². The molecule has 1 aromatic carbocycles. The van der Waals surface area contributed by atoms with E-state index in [9.17, 15) is 0 Å². The number of ether oxygens (including phenoxy) is 1. The Bertz CT molecular complexity index is 339. The Hall–Kier alpha value is -1.50. The fourth-order valence-corrected chi connectivity index (χ4v) is 1.46. The van der Waals surface area contributed by atoms with Crippen molar-refractivity contribution in [2.24, 2.45) is 0 Å². The Morgan fingerprint density at radius 3 is 2.57 bits per heavy atom. The van der Waals surface area contributed by atoms with Crippen LogP contribution in [0.1, 0.15) is 24.0 Å². The zero-order valence-electron chi connectivity index (χ0n) is 8.79. The highest BCUT2D eigenvalue weighted by Gasteiger charge is 2.10. The van der Waals surface area contributed by atoms with E-state index in [0.29, 0.717) is 5.92 Å². The summed E-state index contributed by atoms with van der Waals surface area (Å²) in [5.41, 5.74) is 2.18. The van der Waals surface area contributed by atoms with Gasteiger partial charge in [0.1, 0.15) is 5.75 Å². The lowest BCUT2D eigenvalue weighted by atomic mass is 9.97. The molecular formula is C13H16O. The Morgan fingerprint density at radius 1 is 1.36 bits per heavy atom. The molecule has 0 aliphatic heterocycles. The molecule has 1 unspecified atom stereocenters. The molecule has 1 atom stereocenters. The quantitative estimate of drug-likeness (QED) is 0.656. The fraction of sp³-hybridized carbons (Fsp3) is 0.231. The number of allylic oxidation sites excluding steroid dienone is 1. The van der Waals surface area contributed by atoms with Gasteiger partial charge in [0.05, 0.1) is 7.11 Å². The maximum atomic E-state index is 5.37. The first-order valence-corrected chi connectivity index (χ1v) is 4.66. The summed E-state index contributed by atoms with van der Waals surface area (Å²) in [5.74, 6) is 1.19. The van der Waals surface area contributed by atoms with E-state index in [-0.39, 0.29) is 0 Å². The van der Waals surface area contributed by atoms with Crippen LogP contribution in [0.25, 0.3) is 6.08 Å². The van der Waals surface area contributed by atoms with Crippen molar-refractivity contribution >= 4 is 6.08 Å². The van der Waals surface area contributed by atoms with E-state index >= 15 is 0 Å². The molecular weight excluding hydrogens is 172 g/mol. The van der Waals surface area contributed by atoms with Crippen molar-refractivity contribution in [2.45, 2.75) is 12.8 Å². The standard InChI is InChI=1S/C13H16O/c1-5-10(3)12-9-7-8-11(6-2)13(12)14-4/h5-10H,1-2H2,3-4H3. The van der Waals surface area contributed by atoms with E-state index in [4.69, 9.17) is 4.74 Å². The molecule has 0 bridgehead atoms. The SMILES string of the molecule is C=Cc1cccc(C(C)C=C)c1OC. The van der Waals surface area contributed by atoms with Crippen LogP contribution >= 0.6 is 0 Å². The van der Waals surface area contributed by atoms with E-state index in [0.717, 1.165) is 16.9 Å². The van der Waals surface area contributed by atoms with E-state index in [1.165, 1.54) is 0 Å². The van der Waals surface area contributed by atoms with Crippen LogP contribution in [0.3, 0.4) is 0 Å². The molecule has 0 saturated carbocycles. The van der Waals surface area contributed by atoms with Gasteiger partial charge in [0.15, 0.2) is 0 Å². The summed E-state index contributed by atoms with van der Waals surface area (Å²) in [5, 5.41) is 0. The fourth-order valence-electron chi connectivity index (χ4n) is 1.46. The molecule has 0 aliphatic rings. The highest BCUT2D eigenvalue weighted by Crippen LogP contribution is 2.31. The normalized spacial score (nSPS) is 11.9. The minimum atomic E-state index is 0.296. The first-order chi connectivity index (χ1) is 6.74. The second-order valence-corrected chi connectivity index (χ2v) is 3.20. The van der Waals surface area contributed by atoms with Gasteiger partial charge in [0.2, 0.25) is 0 Å². The largest absolute Gasteiger partial charge is 0.496 e. The molecule has 14 heavy (non-hydrogen) atoms. The van der Waals surface area contributed by atoms with Gasteiger partial charge in [0, 0.05) is 17.0 Å². The van der Waals surface area contributed by atoms with Gasteiger partial charge in [-0.1, -0.05) is 43.9 Å². The first-order valence-electron chi connectivity index (χ1n) is 4.66. The molecule has 1 nitrogen and oxygen atoms in total. The third-order valence-corrected chi connectivity index (χ3v) is 2.34. The second kappa shape index (κ2) is 4.66. The van der Waals surface area contributed by atoms with Crippen molar-refractivity contribution in [3.05, 3.63) is 48.6 Å². The number of para-hydroxylation sites is 1. The van der Waals surface area contributed by atoms with Crippen LogP contribution in [0.4, 0.5) is 0 Å². The maximum Gasteiger partial charge on any atom is 0.129 e.